The highest BCUT2D eigenvalue weighted by Gasteiger charge is 2.10. The number of rotatable bonds is 3. The lowest BCUT2D eigenvalue weighted by atomic mass is 10.0. The van der Waals surface area contributed by atoms with E-state index in [1.165, 1.54) is 12.1 Å². The molecule has 0 unspecified atom stereocenters. The number of nitrogens with zero attached hydrogens (tertiary/aromatic N) is 1. The van der Waals surface area contributed by atoms with Crippen LogP contribution in [0.2, 0.25) is 0 Å². The molecule has 1 heterocycles. The van der Waals surface area contributed by atoms with Gasteiger partial charge in [-0.05, 0) is 23.3 Å². The fourth-order valence-corrected chi connectivity index (χ4v) is 2.04. The van der Waals surface area contributed by atoms with Crippen molar-refractivity contribution in [2.75, 3.05) is 0 Å². The van der Waals surface area contributed by atoms with Gasteiger partial charge in [0.05, 0.1) is 5.69 Å². The molecule has 3 aromatic rings. The van der Waals surface area contributed by atoms with E-state index in [0.29, 0.717) is 6.42 Å². The van der Waals surface area contributed by atoms with Crippen LogP contribution in [0.25, 0.3) is 11.1 Å². The molecule has 0 N–H and O–H groups in total. The summed E-state index contributed by atoms with van der Waals surface area (Å²) < 4.78 is 17.9. The van der Waals surface area contributed by atoms with E-state index in [1.807, 2.05) is 30.3 Å². The Bertz CT molecular complexity index is 659. The molecule has 0 saturated carbocycles. The molecule has 0 bridgehead atoms. The van der Waals surface area contributed by atoms with E-state index in [1.54, 1.807) is 18.4 Å². The van der Waals surface area contributed by atoms with Crippen LogP contribution >= 0.6 is 0 Å². The smallest absolute Gasteiger partial charge is 0.131 e. The van der Waals surface area contributed by atoms with E-state index in [9.17, 15) is 4.39 Å². The molecule has 1 aromatic heterocycles. The first-order valence-electron chi connectivity index (χ1n) is 6.06. The van der Waals surface area contributed by atoms with Gasteiger partial charge < -0.3 is 4.52 Å². The van der Waals surface area contributed by atoms with Gasteiger partial charge in [0.2, 0.25) is 0 Å². The minimum Gasteiger partial charge on any atom is -0.364 e. The Balaban J connectivity index is 1.91. The van der Waals surface area contributed by atoms with Gasteiger partial charge in [0, 0.05) is 12.0 Å². The maximum absolute atomic E-state index is 12.9. The summed E-state index contributed by atoms with van der Waals surface area (Å²) >= 11 is 0. The van der Waals surface area contributed by atoms with Crippen LogP contribution in [0.5, 0.6) is 0 Å². The Morgan fingerprint density at radius 3 is 2.42 bits per heavy atom. The number of benzene rings is 2. The third-order valence-corrected chi connectivity index (χ3v) is 3.01. The summed E-state index contributed by atoms with van der Waals surface area (Å²) in [6, 6.07) is 16.4. The molecule has 0 radical (unpaired) electrons. The van der Waals surface area contributed by atoms with Crippen LogP contribution in [-0.2, 0) is 6.42 Å². The molecule has 0 fully saturated rings. The summed E-state index contributed by atoms with van der Waals surface area (Å²) in [6.07, 6.45) is 2.27. The Morgan fingerprint density at radius 2 is 1.68 bits per heavy atom. The topological polar surface area (TPSA) is 26.0 Å². The quantitative estimate of drug-likeness (QED) is 0.703. The highest BCUT2D eigenvalue weighted by atomic mass is 19.1. The largest absolute Gasteiger partial charge is 0.364 e. The maximum Gasteiger partial charge on any atom is 0.131 e. The highest BCUT2D eigenvalue weighted by molar-refractivity contribution is 5.64. The van der Waals surface area contributed by atoms with E-state index in [2.05, 4.69) is 5.16 Å². The van der Waals surface area contributed by atoms with Crippen molar-refractivity contribution in [1.82, 2.24) is 5.16 Å². The Morgan fingerprint density at radius 1 is 0.947 bits per heavy atom. The van der Waals surface area contributed by atoms with Crippen LogP contribution in [0.15, 0.2) is 65.4 Å². The third-order valence-electron chi connectivity index (χ3n) is 3.01. The minimum atomic E-state index is -0.229. The summed E-state index contributed by atoms with van der Waals surface area (Å²) in [5.74, 6) is -0.229. The second-order valence-electron chi connectivity index (χ2n) is 4.34. The molecule has 0 spiro atoms. The molecule has 0 atom stereocenters. The van der Waals surface area contributed by atoms with Crippen molar-refractivity contribution in [3.8, 4) is 11.1 Å². The van der Waals surface area contributed by atoms with Gasteiger partial charge in [-0.25, -0.2) is 4.39 Å². The standard InChI is InChI=1S/C16H12FNO/c17-14-8-6-12(7-9-14)10-16-15(11-19-18-16)13-4-2-1-3-5-13/h1-9,11H,10H2. The SMILES string of the molecule is Fc1ccc(Cc2nocc2-c2ccccc2)cc1. The number of halogens is 1. The van der Waals surface area contributed by atoms with Crippen molar-refractivity contribution < 1.29 is 8.91 Å². The van der Waals surface area contributed by atoms with Gasteiger partial charge in [-0.3, -0.25) is 0 Å². The van der Waals surface area contributed by atoms with Crippen LogP contribution in [0.4, 0.5) is 4.39 Å². The lowest BCUT2D eigenvalue weighted by Crippen LogP contribution is -1.91. The molecule has 3 rings (SSSR count). The molecule has 0 amide bonds. The van der Waals surface area contributed by atoms with Gasteiger partial charge in [0.25, 0.3) is 0 Å². The molecule has 0 aliphatic rings. The molecular formula is C16H12FNO. The van der Waals surface area contributed by atoms with Crippen molar-refractivity contribution in [3.63, 3.8) is 0 Å². The fourth-order valence-electron chi connectivity index (χ4n) is 2.04. The zero-order valence-electron chi connectivity index (χ0n) is 10.2. The molecule has 19 heavy (non-hydrogen) atoms. The van der Waals surface area contributed by atoms with Crippen LogP contribution in [-0.4, -0.2) is 5.16 Å². The monoisotopic (exact) mass is 253 g/mol. The Labute approximate surface area is 110 Å². The maximum atomic E-state index is 12.9. The van der Waals surface area contributed by atoms with Crippen LogP contribution in [0.1, 0.15) is 11.3 Å². The molecule has 0 aliphatic heterocycles. The average molecular weight is 253 g/mol. The Hall–Kier alpha value is -2.42. The van der Waals surface area contributed by atoms with Crippen molar-refractivity contribution in [3.05, 3.63) is 77.9 Å². The second kappa shape index (κ2) is 5.06. The molecule has 0 aliphatic carbocycles. The molecule has 2 nitrogen and oxygen atoms in total. The highest BCUT2D eigenvalue weighted by Crippen LogP contribution is 2.24. The zero-order valence-corrected chi connectivity index (χ0v) is 10.2. The van der Waals surface area contributed by atoms with Gasteiger partial charge in [-0.2, -0.15) is 0 Å². The summed E-state index contributed by atoms with van der Waals surface area (Å²) in [6.45, 7) is 0. The fraction of sp³-hybridized carbons (Fsp3) is 0.0625. The average Bonchev–Trinajstić information content (AvgIpc) is 2.90. The molecule has 0 saturated heterocycles. The number of aromatic nitrogens is 1. The van der Waals surface area contributed by atoms with Crippen molar-refractivity contribution in [1.29, 1.82) is 0 Å². The molecule has 94 valence electrons. The van der Waals surface area contributed by atoms with E-state index < -0.39 is 0 Å². The number of hydrogen-bond donors (Lipinski definition) is 0. The van der Waals surface area contributed by atoms with E-state index in [4.69, 9.17) is 4.52 Å². The lowest BCUT2D eigenvalue weighted by Gasteiger charge is -2.02. The van der Waals surface area contributed by atoms with E-state index in [0.717, 1.165) is 22.4 Å². The molecule has 2 aromatic carbocycles. The Kier molecular flexibility index (Phi) is 3.11. The van der Waals surface area contributed by atoms with Gasteiger partial charge in [0.15, 0.2) is 0 Å². The summed E-state index contributed by atoms with van der Waals surface area (Å²) in [5.41, 5.74) is 3.91. The first-order valence-corrected chi connectivity index (χ1v) is 6.06. The van der Waals surface area contributed by atoms with Gasteiger partial charge >= 0.3 is 0 Å². The molecular weight excluding hydrogens is 241 g/mol. The van der Waals surface area contributed by atoms with Crippen molar-refractivity contribution in [2.45, 2.75) is 6.42 Å². The summed E-state index contributed by atoms with van der Waals surface area (Å²) in [5, 5.41) is 4.04. The van der Waals surface area contributed by atoms with Crippen molar-refractivity contribution in [2.24, 2.45) is 0 Å². The van der Waals surface area contributed by atoms with Crippen LogP contribution in [0.3, 0.4) is 0 Å². The number of hydrogen-bond acceptors (Lipinski definition) is 2. The predicted molar refractivity (Wildman–Crippen MR) is 71.1 cm³/mol. The lowest BCUT2D eigenvalue weighted by molar-refractivity contribution is 0.413. The summed E-state index contributed by atoms with van der Waals surface area (Å²) in [4.78, 5) is 0. The second-order valence-corrected chi connectivity index (χ2v) is 4.34. The molecule has 3 heteroatoms. The van der Waals surface area contributed by atoms with E-state index >= 15 is 0 Å². The minimum absolute atomic E-state index is 0.229. The van der Waals surface area contributed by atoms with E-state index in [-0.39, 0.29) is 5.82 Å². The van der Waals surface area contributed by atoms with Gasteiger partial charge in [0.1, 0.15) is 12.1 Å². The van der Waals surface area contributed by atoms with Crippen LogP contribution in [0, 0.1) is 5.82 Å². The normalized spacial score (nSPS) is 10.6. The zero-order chi connectivity index (χ0) is 13.1. The summed E-state index contributed by atoms with van der Waals surface area (Å²) in [7, 11) is 0. The third kappa shape index (κ3) is 2.55. The first-order chi connectivity index (χ1) is 9.33. The van der Waals surface area contributed by atoms with Gasteiger partial charge in [-0.15, -0.1) is 0 Å². The first kappa shape index (κ1) is 11.7. The van der Waals surface area contributed by atoms with Gasteiger partial charge in [-0.1, -0.05) is 47.6 Å². The van der Waals surface area contributed by atoms with Crippen LogP contribution < -0.4 is 0 Å². The predicted octanol–water partition coefficient (Wildman–Crippen LogP) is 4.07. The van der Waals surface area contributed by atoms with Crippen molar-refractivity contribution >= 4 is 0 Å².